The SMILES string of the molecule is CCS(=O)(=O)CCC1(CN)CCc2ccccc21. The monoisotopic (exact) mass is 267 g/mol. The second-order valence-electron chi connectivity index (χ2n) is 5.13. The summed E-state index contributed by atoms with van der Waals surface area (Å²) in [5, 5.41) is 0. The van der Waals surface area contributed by atoms with Crippen LogP contribution in [0.1, 0.15) is 30.9 Å². The van der Waals surface area contributed by atoms with Crippen LogP contribution in [0.2, 0.25) is 0 Å². The van der Waals surface area contributed by atoms with Gasteiger partial charge in [-0.1, -0.05) is 31.2 Å². The molecule has 1 unspecified atom stereocenters. The molecule has 0 aromatic heterocycles. The minimum atomic E-state index is -2.91. The van der Waals surface area contributed by atoms with Gasteiger partial charge in [0.25, 0.3) is 0 Å². The fourth-order valence-electron chi connectivity index (χ4n) is 2.83. The van der Waals surface area contributed by atoms with Crippen LogP contribution in [-0.4, -0.2) is 26.5 Å². The van der Waals surface area contributed by atoms with E-state index in [2.05, 4.69) is 12.1 Å². The standard InChI is InChI=1S/C14H21NO2S/c1-2-18(16,17)10-9-14(11-15)8-7-12-5-3-4-6-13(12)14/h3-6H,2,7-11,15H2,1H3. The van der Waals surface area contributed by atoms with E-state index >= 15 is 0 Å². The van der Waals surface area contributed by atoms with Crippen LogP contribution in [-0.2, 0) is 21.7 Å². The number of nitrogens with two attached hydrogens (primary N) is 1. The second kappa shape index (κ2) is 5.02. The van der Waals surface area contributed by atoms with Crippen molar-refractivity contribution in [3.63, 3.8) is 0 Å². The average Bonchev–Trinajstić information content (AvgIpc) is 2.76. The molecule has 0 amide bonds. The number of hydrogen-bond donors (Lipinski definition) is 1. The molecular formula is C14H21NO2S. The maximum absolute atomic E-state index is 11.7. The van der Waals surface area contributed by atoms with Crippen molar-refractivity contribution in [2.24, 2.45) is 5.73 Å². The van der Waals surface area contributed by atoms with Gasteiger partial charge in [-0.05, 0) is 30.4 Å². The molecule has 0 radical (unpaired) electrons. The van der Waals surface area contributed by atoms with E-state index in [-0.39, 0.29) is 16.9 Å². The number of sulfone groups is 1. The molecule has 0 spiro atoms. The molecule has 1 aliphatic carbocycles. The number of fused-ring (bicyclic) bond motifs is 1. The third-order valence-electron chi connectivity index (χ3n) is 4.18. The highest BCUT2D eigenvalue weighted by Crippen LogP contribution is 2.41. The van der Waals surface area contributed by atoms with E-state index in [9.17, 15) is 8.42 Å². The van der Waals surface area contributed by atoms with Crippen LogP contribution in [0.5, 0.6) is 0 Å². The van der Waals surface area contributed by atoms with Crippen LogP contribution in [0, 0.1) is 0 Å². The third kappa shape index (κ3) is 2.45. The van der Waals surface area contributed by atoms with E-state index in [0.717, 1.165) is 12.8 Å². The molecule has 2 N–H and O–H groups in total. The smallest absolute Gasteiger partial charge is 0.150 e. The second-order valence-corrected chi connectivity index (χ2v) is 7.60. The van der Waals surface area contributed by atoms with Gasteiger partial charge in [-0.25, -0.2) is 8.42 Å². The topological polar surface area (TPSA) is 60.2 Å². The first-order chi connectivity index (χ1) is 8.53. The van der Waals surface area contributed by atoms with Crippen molar-refractivity contribution in [2.45, 2.75) is 31.6 Å². The first-order valence-corrected chi connectivity index (χ1v) is 8.34. The Kier molecular flexibility index (Phi) is 3.78. The molecule has 18 heavy (non-hydrogen) atoms. The highest BCUT2D eigenvalue weighted by Gasteiger charge is 2.37. The first kappa shape index (κ1) is 13.6. The van der Waals surface area contributed by atoms with Gasteiger partial charge in [0.1, 0.15) is 9.84 Å². The number of aryl methyl sites for hydroxylation is 1. The van der Waals surface area contributed by atoms with Crippen molar-refractivity contribution >= 4 is 9.84 Å². The fraction of sp³-hybridized carbons (Fsp3) is 0.571. The quantitative estimate of drug-likeness (QED) is 0.882. The summed E-state index contributed by atoms with van der Waals surface area (Å²) in [6, 6.07) is 8.28. The molecule has 4 heteroatoms. The Balaban J connectivity index is 2.24. The average molecular weight is 267 g/mol. The van der Waals surface area contributed by atoms with Crippen molar-refractivity contribution in [3.8, 4) is 0 Å². The highest BCUT2D eigenvalue weighted by atomic mass is 32.2. The molecule has 1 aromatic carbocycles. The van der Waals surface area contributed by atoms with Crippen LogP contribution in [0.4, 0.5) is 0 Å². The lowest BCUT2D eigenvalue weighted by Gasteiger charge is -2.28. The van der Waals surface area contributed by atoms with Gasteiger partial charge < -0.3 is 5.73 Å². The Bertz CT molecular complexity index is 524. The van der Waals surface area contributed by atoms with Gasteiger partial charge in [0.05, 0.1) is 5.75 Å². The zero-order valence-corrected chi connectivity index (χ0v) is 11.7. The maximum atomic E-state index is 11.7. The van der Waals surface area contributed by atoms with Crippen LogP contribution < -0.4 is 5.73 Å². The van der Waals surface area contributed by atoms with E-state index in [1.165, 1.54) is 11.1 Å². The van der Waals surface area contributed by atoms with E-state index in [4.69, 9.17) is 5.73 Å². The zero-order valence-electron chi connectivity index (χ0n) is 10.9. The molecule has 0 saturated heterocycles. The Labute approximate surface area is 109 Å². The predicted octanol–water partition coefficient (Wildman–Crippen LogP) is 1.65. The molecule has 2 rings (SSSR count). The van der Waals surface area contributed by atoms with Gasteiger partial charge in [-0.15, -0.1) is 0 Å². The molecule has 0 saturated carbocycles. The molecule has 3 nitrogen and oxygen atoms in total. The molecule has 1 aliphatic rings. The lowest BCUT2D eigenvalue weighted by molar-refractivity contribution is 0.419. The van der Waals surface area contributed by atoms with Gasteiger partial charge in [-0.3, -0.25) is 0 Å². The van der Waals surface area contributed by atoms with Crippen LogP contribution in [0.25, 0.3) is 0 Å². The van der Waals surface area contributed by atoms with Crippen molar-refractivity contribution in [1.29, 1.82) is 0 Å². The minimum Gasteiger partial charge on any atom is -0.330 e. The van der Waals surface area contributed by atoms with Gasteiger partial charge >= 0.3 is 0 Å². The van der Waals surface area contributed by atoms with E-state index < -0.39 is 9.84 Å². The summed E-state index contributed by atoms with van der Waals surface area (Å²) in [6.45, 7) is 2.23. The zero-order chi connectivity index (χ0) is 13.2. The summed E-state index contributed by atoms with van der Waals surface area (Å²) in [5.74, 6) is 0.463. The largest absolute Gasteiger partial charge is 0.330 e. The molecule has 0 heterocycles. The Morgan fingerprint density at radius 1 is 1.33 bits per heavy atom. The van der Waals surface area contributed by atoms with Gasteiger partial charge in [-0.2, -0.15) is 0 Å². The van der Waals surface area contributed by atoms with Crippen LogP contribution >= 0.6 is 0 Å². The number of rotatable bonds is 5. The first-order valence-electron chi connectivity index (χ1n) is 6.52. The van der Waals surface area contributed by atoms with Crippen molar-refractivity contribution in [3.05, 3.63) is 35.4 Å². The number of hydrogen-bond acceptors (Lipinski definition) is 3. The molecule has 0 aliphatic heterocycles. The van der Waals surface area contributed by atoms with Crippen molar-refractivity contribution in [1.82, 2.24) is 0 Å². The highest BCUT2D eigenvalue weighted by molar-refractivity contribution is 7.91. The lowest BCUT2D eigenvalue weighted by atomic mass is 9.79. The van der Waals surface area contributed by atoms with E-state index in [0.29, 0.717) is 13.0 Å². The lowest BCUT2D eigenvalue weighted by Crippen LogP contribution is -2.35. The summed E-state index contributed by atoms with van der Waals surface area (Å²) in [7, 11) is -2.91. The molecule has 0 bridgehead atoms. The van der Waals surface area contributed by atoms with Gasteiger partial charge in [0.2, 0.25) is 0 Å². The van der Waals surface area contributed by atoms with Crippen molar-refractivity contribution < 1.29 is 8.42 Å². The number of benzene rings is 1. The normalized spacial score (nSPS) is 23.0. The summed E-state index contributed by atoms with van der Waals surface area (Å²) in [4.78, 5) is 0. The summed E-state index contributed by atoms with van der Waals surface area (Å²) < 4.78 is 23.4. The summed E-state index contributed by atoms with van der Waals surface area (Å²) in [6.07, 6.45) is 2.64. The molecular weight excluding hydrogens is 246 g/mol. The van der Waals surface area contributed by atoms with Gasteiger partial charge in [0, 0.05) is 17.7 Å². The molecule has 100 valence electrons. The molecule has 1 atom stereocenters. The third-order valence-corrected chi connectivity index (χ3v) is 5.89. The summed E-state index contributed by atoms with van der Waals surface area (Å²) in [5.41, 5.74) is 8.43. The van der Waals surface area contributed by atoms with Gasteiger partial charge in [0.15, 0.2) is 0 Å². The van der Waals surface area contributed by atoms with Crippen LogP contribution in [0.15, 0.2) is 24.3 Å². The Hall–Kier alpha value is -0.870. The Morgan fingerprint density at radius 3 is 2.72 bits per heavy atom. The summed E-state index contributed by atoms with van der Waals surface area (Å²) >= 11 is 0. The molecule has 0 fully saturated rings. The predicted molar refractivity (Wildman–Crippen MR) is 74.4 cm³/mol. The van der Waals surface area contributed by atoms with Crippen LogP contribution in [0.3, 0.4) is 0 Å². The fourth-order valence-corrected chi connectivity index (χ4v) is 3.82. The maximum Gasteiger partial charge on any atom is 0.150 e. The molecule has 1 aromatic rings. The van der Waals surface area contributed by atoms with Crippen molar-refractivity contribution in [2.75, 3.05) is 18.1 Å². The Morgan fingerprint density at radius 2 is 2.06 bits per heavy atom. The minimum absolute atomic E-state index is 0.126. The van der Waals surface area contributed by atoms with E-state index in [1.54, 1.807) is 6.92 Å². The van der Waals surface area contributed by atoms with E-state index in [1.807, 2.05) is 12.1 Å².